The highest BCUT2D eigenvalue weighted by atomic mass is 16.1. The molecule has 2 aromatic carbocycles. The lowest BCUT2D eigenvalue weighted by atomic mass is 9.98. The molecule has 2 aliphatic rings. The summed E-state index contributed by atoms with van der Waals surface area (Å²) in [4.78, 5) is 20.6. The lowest BCUT2D eigenvalue weighted by molar-refractivity contribution is 0.0952. The monoisotopic (exact) mass is 595 g/mol. The Morgan fingerprint density at radius 2 is 1.73 bits per heavy atom. The van der Waals surface area contributed by atoms with E-state index >= 15 is 0 Å². The number of carbonyl (C=O) groups excluding carboxylic acids is 1. The van der Waals surface area contributed by atoms with Gasteiger partial charge in [0.15, 0.2) is 0 Å². The molecule has 2 aromatic rings. The van der Waals surface area contributed by atoms with Crippen molar-refractivity contribution in [3.63, 3.8) is 0 Å². The van der Waals surface area contributed by atoms with Crippen molar-refractivity contribution in [1.29, 1.82) is 0 Å². The Kier molecular flexibility index (Phi) is 13.9. The van der Waals surface area contributed by atoms with Crippen LogP contribution in [0.25, 0.3) is 5.57 Å². The topological polar surface area (TPSA) is 64.8 Å². The van der Waals surface area contributed by atoms with Crippen molar-refractivity contribution >= 4 is 22.9 Å². The molecule has 0 bridgehead atoms. The van der Waals surface area contributed by atoms with Gasteiger partial charge in [0.05, 0.1) is 0 Å². The van der Waals surface area contributed by atoms with Crippen molar-refractivity contribution in [1.82, 2.24) is 10.2 Å². The Bertz CT molecular complexity index is 1340. The first kappa shape index (κ1) is 34.3. The molecule has 6 heteroatoms. The van der Waals surface area contributed by atoms with Crippen LogP contribution in [0.4, 0.5) is 11.4 Å². The molecule has 3 N–H and O–H groups in total. The van der Waals surface area contributed by atoms with Crippen LogP contribution in [-0.2, 0) is 0 Å². The van der Waals surface area contributed by atoms with Crippen molar-refractivity contribution in [3.05, 3.63) is 114 Å². The van der Waals surface area contributed by atoms with E-state index in [1.807, 2.05) is 18.2 Å². The van der Waals surface area contributed by atoms with Crippen LogP contribution >= 0.6 is 0 Å². The van der Waals surface area contributed by atoms with E-state index in [9.17, 15) is 4.79 Å². The standard InChI is InChI=1S/C36H48N4O.C2H5N/c1-6-11-32-14-9-20-38(32)21-10-19-37-36(41)31-17-18-35(34(27-31)30(7-2)16-15-28(3)4)40-24-22-39(23-25-40)33-13-8-12-29(5)26-33;1-2-3/h7-8,11-13,15-18,26-27H,2,6,9-10,14,19-25H2,1,3-5H3,(H,37,41);2H,1,3H2/b30-16+,32-11-;. The fraction of sp³-hybridized carbons (Fsp3) is 0.395. The molecule has 0 saturated carbocycles. The van der Waals surface area contributed by atoms with Crippen molar-refractivity contribution in [2.75, 3.05) is 55.6 Å². The van der Waals surface area contributed by atoms with Gasteiger partial charge in [0.2, 0.25) is 0 Å². The minimum atomic E-state index is -0.0153. The van der Waals surface area contributed by atoms with Gasteiger partial charge in [-0.3, -0.25) is 4.79 Å². The van der Waals surface area contributed by atoms with Gasteiger partial charge in [-0.25, -0.2) is 0 Å². The fourth-order valence-electron chi connectivity index (χ4n) is 5.79. The van der Waals surface area contributed by atoms with Crippen molar-refractivity contribution < 1.29 is 4.79 Å². The predicted octanol–water partition coefficient (Wildman–Crippen LogP) is 7.46. The molecule has 2 fully saturated rings. The molecule has 1 amide bonds. The van der Waals surface area contributed by atoms with E-state index in [2.05, 4.69) is 115 Å². The fourth-order valence-corrected chi connectivity index (χ4v) is 5.79. The van der Waals surface area contributed by atoms with E-state index in [-0.39, 0.29) is 5.91 Å². The molecule has 0 spiro atoms. The predicted molar refractivity (Wildman–Crippen MR) is 190 cm³/mol. The minimum Gasteiger partial charge on any atom is -0.405 e. The van der Waals surface area contributed by atoms with Gasteiger partial charge in [-0.05, 0) is 94.1 Å². The molecule has 44 heavy (non-hydrogen) atoms. The summed E-state index contributed by atoms with van der Waals surface area (Å²) in [6, 6.07) is 14.9. The number of piperazine rings is 1. The molecule has 2 saturated heterocycles. The highest BCUT2D eigenvalue weighted by molar-refractivity contribution is 5.97. The number of amides is 1. The third-order valence-electron chi connectivity index (χ3n) is 7.97. The Hall–Kier alpha value is -4.19. The van der Waals surface area contributed by atoms with Crippen molar-refractivity contribution in [3.8, 4) is 0 Å². The molecule has 0 radical (unpaired) electrons. The summed E-state index contributed by atoms with van der Waals surface area (Å²) in [5, 5.41) is 3.17. The minimum absolute atomic E-state index is 0.0153. The molecule has 236 valence electrons. The van der Waals surface area contributed by atoms with E-state index in [1.165, 1.54) is 41.6 Å². The number of anilines is 2. The first-order valence-corrected chi connectivity index (χ1v) is 16.0. The molecular weight excluding hydrogens is 542 g/mol. The number of benzene rings is 2. The molecule has 4 rings (SSSR count). The zero-order chi connectivity index (χ0) is 31.9. The average molecular weight is 596 g/mol. The molecule has 0 unspecified atom stereocenters. The summed E-state index contributed by atoms with van der Waals surface area (Å²) in [7, 11) is 0. The molecule has 0 aliphatic carbocycles. The van der Waals surface area contributed by atoms with Crippen molar-refractivity contribution in [2.45, 2.75) is 53.4 Å². The average Bonchev–Trinajstić information content (AvgIpc) is 3.47. The molecule has 2 aliphatic heterocycles. The van der Waals surface area contributed by atoms with Crippen LogP contribution in [0, 0.1) is 6.92 Å². The van der Waals surface area contributed by atoms with E-state index in [0.29, 0.717) is 12.1 Å². The summed E-state index contributed by atoms with van der Waals surface area (Å²) in [5.74, 6) is -0.0153. The SMILES string of the molecule is C=C/C(=C\C=C(C)C)c1cc(C(=O)NCCCN2CCC/C2=C/CC)ccc1N1CCN(c2cccc(C)c2)CC1.C=CN. The first-order valence-electron chi connectivity index (χ1n) is 16.0. The maximum absolute atomic E-state index is 13.2. The van der Waals surface area contributed by atoms with E-state index in [4.69, 9.17) is 0 Å². The summed E-state index contributed by atoms with van der Waals surface area (Å²) in [6.45, 7) is 22.3. The number of hydrogen-bond acceptors (Lipinski definition) is 5. The zero-order valence-electron chi connectivity index (χ0n) is 27.4. The van der Waals surface area contributed by atoms with Crippen LogP contribution in [0.2, 0.25) is 0 Å². The second-order valence-corrected chi connectivity index (χ2v) is 11.7. The van der Waals surface area contributed by atoms with Gasteiger partial charge in [0.1, 0.15) is 0 Å². The Morgan fingerprint density at radius 1 is 1.00 bits per heavy atom. The van der Waals surface area contributed by atoms with Crippen LogP contribution < -0.4 is 20.9 Å². The first-order chi connectivity index (χ1) is 21.3. The number of hydrogen-bond donors (Lipinski definition) is 2. The number of nitrogens with one attached hydrogen (secondary N) is 1. The van der Waals surface area contributed by atoms with Crippen LogP contribution in [0.5, 0.6) is 0 Å². The summed E-state index contributed by atoms with van der Waals surface area (Å²) < 4.78 is 0. The van der Waals surface area contributed by atoms with E-state index < -0.39 is 0 Å². The molecular formula is C38H53N5O. The van der Waals surface area contributed by atoms with Gasteiger partial charge in [-0.15, -0.1) is 0 Å². The van der Waals surface area contributed by atoms with E-state index in [1.54, 1.807) is 0 Å². The number of carbonyl (C=O) groups is 1. The summed E-state index contributed by atoms with van der Waals surface area (Å²) in [5.41, 5.74) is 13.8. The second-order valence-electron chi connectivity index (χ2n) is 11.7. The second kappa shape index (κ2) is 17.8. The number of aryl methyl sites for hydroxylation is 1. The maximum Gasteiger partial charge on any atom is 0.251 e. The summed E-state index contributed by atoms with van der Waals surface area (Å²) >= 11 is 0. The van der Waals surface area contributed by atoms with Gasteiger partial charge >= 0.3 is 0 Å². The molecule has 6 nitrogen and oxygen atoms in total. The van der Waals surface area contributed by atoms with Gasteiger partial charge in [0, 0.05) is 74.0 Å². The Balaban J connectivity index is 0.00000169. The normalized spacial score (nSPS) is 15.9. The highest BCUT2D eigenvalue weighted by Crippen LogP contribution is 2.31. The molecule has 0 aromatic heterocycles. The lowest BCUT2D eigenvalue weighted by Gasteiger charge is -2.38. The molecule has 2 heterocycles. The largest absolute Gasteiger partial charge is 0.405 e. The van der Waals surface area contributed by atoms with Crippen molar-refractivity contribution in [2.24, 2.45) is 5.73 Å². The van der Waals surface area contributed by atoms with Gasteiger partial charge in [-0.2, -0.15) is 0 Å². The molecule has 0 atom stereocenters. The van der Waals surface area contributed by atoms with Crippen LogP contribution in [0.3, 0.4) is 0 Å². The van der Waals surface area contributed by atoms with Gasteiger partial charge in [-0.1, -0.05) is 62.1 Å². The third kappa shape index (κ3) is 9.94. The van der Waals surface area contributed by atoms with Crippen LogP contribution in [0.1, 0.15) is 67.9 Å². The van der Waals surface area contributed by atoms with Gasteiger partial charge in [0.25, 0.3) is 5.91 Å². The smallest absolute Gasteiger partial charge is 0.251 e. The van der Waals surface area contributed by atoms with Crippen LogP contribution in [0.15, 0.2) is 97.4 Å². The lowest BCUT2D eigenvalue weighted by Crippen LogP contribution is -2.46. The Morgan fingerprint density at radius 3 is 2.39 bits per heavy atom. The maximum atomic E-state index is 13.2. The summed E-state index contributed by atoms with van der Waals surface area (Å²) in [6.07, 6.45) is 14.2. The van der Waals surface area contributed by atoms with Crippen LogP contribution in [-0.4, -0.2) is 56.6 Å². The number of nitrogens with zero attached hydrogens (tertiary/aromatic N) is 3. The number of nitrogens with two attached hydrogens (primary N) is 1. The van der Waals surface area contributed by atoms with Gasteiger partial charge < -0.3 is 25.8 Å². The zero-order valence-corrected chi connectivity index (χ0v) is 27.4. The third-order valence-corrected chi connectivity index (χ3v) is 7.97. The van der Waals surface area contributed by atoms with E-state index in [0.717, 1.165) is 68.9 Å². The Labute approximate surface area is 266 Å². The number of likely N-dealkylation sites (tertiary alicyclic amines) is 1. The number of allylic oxidation sites excluding steroid dienone is 7. The quantitative estimate of drug-likeness (QED) is 0.209. The number of rotatable bonds is 11. The highest BCUT2D eigenvalue weighted by Gasteiger charge is 2.22.